The van der Waals surface area contributed by atoms with E-state index < -0.39 is 16.9 Å². The Bertz CT molecular complexity index is 966. The first kappa shape index (κ1) is 19.3. The molecule has 0 aliphatic carbocycles. The Morgan fingerprint density at radius 3 is 2.78 bits per heavy atom. The van der Waals surface area contributed by atoms with Crippen molar-refractivity contribution in [3.8, 4) is 0 Å². The number of Topliss-reactive ketones (excluding diaryl/α,β-unsaturated/α-hetero) is 1. The van der Waals surface area contributed by atoms with E-state index in [-0.39, 0.29) is 5.78 Å². The standard InChI is InChI=1S/C18H21N5O2S2/c1-11(24)17-14(7-9-26-17)15-10-16(23-18(19)22-15)21-8-6-12-2-4-13(5-3-12)27(20)25/h2-5,7,9-10,18,20-21,23,27H,6,8,19H2,1H3. The average molecular weight is 404 g/mol. The first-order chi connectivity index (χ1) is 12.9. The van der Waals surface area contributed by atoms with Gasteiger partial charge in [-0.1, -0.05) is 12.1 Å². The van der Waals surface area contributed by atoms with Gasteiger partial charge in [0.15, 0.2) is 12.1 Å². The fraction of sp³-hybridized carbons (Fsp3) is 0.222. The van der Waals surface area contributed by atoms with Gasteiger partial charge >= 0.3 is 0 Å². The van der Waals surface area contributed by atoms with Crippen molar-refractivity contribution in [2.75, 3.05) is 6.54 Å². The highest BCUT2D eigenvalue weighted by atomic mass is 32.2. The Balaban J connectivity index is 1.66. The van der Waals surface area contributed by atoms with Crippen molar-refractivity contribution in [3.05, 3.63) is 63.6 Å². The molecule has 1 aliphatic rings. The van der Waals surface area contributed by atoms with E-state index in [1.54, 1.807) is 19.1 Å². The normalized spacial score (nSPS) is 17.5. The van der Waals surface area contributed by atoms with Crippen LogP contribution >= 0.6 is 11.3 Å². The maximum absolute atomic E-state index is 11.8. The number of nitrogens with two attached hydrogens (primary N) is 1. The quantitative estimate of drug-likeness (QED) is 0.357. The largest absolute Gasteiger partial charge is 0.371 e. The molecule has 2 heterocycles. The molecule has 0 saturated heterocycles. The van der Waals surface area contributed by atoms with E-state index in [2.05, 4.69) is 15.6 Å². The van der Waals surface area contributed by atoms with Crippen molar-refractivity contribution in [2.24, 2.45) is 10.7 Å². The molecule has 1 aliphatic heterocycles. The van der Waals surface area contributed by atoms with Crippen LogP contribution in [0.2, 0.25) is 0 Å². The van der Waals surface area contributed by atoms with Gasteiger partial charge in [0.05, 0.1) is 21.2 Å². The minimum Gasteiger partial charge on any atom is -0.371 e. The molecule has 1 aromatic heterocycles. The Kier molecular flexibility index (Phi) is 6.04. The maximum Gasteiger partial charge on any atom is 0.173 e. The molecule has 2 aromatic rings. The van der Waals surface area contributed by atoms with Crippen LogP contribution in [-0.4, -0.2) is 28.5 Å². The molecule has 0 saturated carbocycles. The molecule has 5 N–H and O–H groups in total. The lowest BCUT2D eigenvalue weighted by atomic mass is 10.1. The lowest BCUT2D eigenvalue weighted by Crippen LogP contribution is -2.43. The highest BCUT2D eigenvalue weighted by Gasteiger charge is 2.18. The van der Waals surface area contributed by atoms with E-state index in [1.807, 2.05) is 29.7 Å². The fourth-order valence-corrected chi connectivity index (χ4v) is 3.96. The molecule has 7 nitrogen and oxygen atoms in total. The number of ketones is 1. The number of carbonyl (C=O) groups is 1. The highest BCUT2D eigenvalue weighted by Crippen LogP contribution is 2.20. The molecule has 2 unspecified atom stereocenters. The number of rotatable bonds is 7. The second-order valence-corrected chi connectivity index (χ2v) is 8.04. The number of aliphatic imine (C=N–C) groups is 1. The topological polar surface area (TPSA) is 120 Å². The second kappa shape index (κ2) is 8.47. The number of nitrogens with one attached hydrogen (secondary N) is 3. The third-order valence-corrected chi connectivity index (χ3v) is 5.81. The van der Waals surface area contributed by atoms with Crippen LogP contribution in [0.15, 0.2) is 57.5 Å². The number of thiol groups is 1. The van der Waals surface area contributed by atoms with E-state index in [0.29, 0.717) is 22.0 Å². The van der Waals surface area contributed by atoms with Crippen LogP contribution in [0.3, 0.4) is 0 Å². The Hall–Kier alpha value is -2.49. The minimum absolute atomic E-state index is 0.00980. The third-order valence-electron chi connectivity index (χ3n) is 4.02. The zero-order valence-corrected chi connectivity index (χ0v) is 16.4. The second-order valence-electron chi connectivity index (χ2n) is 6.02. The van der Waals surface area contributed by atoms with Gasteiger partial charge in [-0.15, -0.1) is 11.3 Å². The Morgan fingerprint density at radius 2 is 2.11 bits per heavy atom. The van der Waals surface area contributed by atoms with Crippen molar-refractivity contribution in [3.63, 3.8) is 0 Å². The molecule has 3 rings (SSSR count). The minimum atomic E-state index is -2.05. The summed E-state index contributed by atoms with van der Waals surface area (Å²) in [5.74, 6) is 0.759. The van der Waals surface area contributed by atoms with Crippen molar-refractivity contribution in [2.45, 2.75) is 24.5 Å². The predicted molar refractivity (Wildman–Crippen MR) is 109 cm³/mol. The molecule has 1 aromatic carbocycles. The molecule has 0 radical (unpaired) electrons. The molecule has 27 heavy (non-hydrogen) atoms. The van der Waals surface area contributed by atoms with E-state index in [4.69, 9.17) is 10.5 Å². The summed E-state index contributed by atoms with van der Waals surface area (Å²) in [4.78, 5) is 17.4. The summed E-state index contributed by atoms with van der Waals surface area (Å²) < 4.78 is 18.4. The number of benzene rings is 1. The lowest BCUT2D eigenvalue weighted by molar-refractivity contribution is 0.102. The smallest absolute Gasteiger partial charge is 0.173 e. The van der Waals surface area contributed by atoms with E-state index in [1.165, 1.54) is 11.3 Å². The Morgan fingerprint density at radius 1 is 1.37 bits per heavy atom. The van der Waals surface area contributed by atoms with E-state index >= 15 is 0 Å². The van der Waals surface area contributed by atoms with Crippen molar-refractivity contribution in [1.82, 2.24) is 10.6 Å². The van der Waals surface area contributed by atoms with Crippen LogP contribution in [0.1, 0.15) is 27.7 Å². The van der Waals surface area contributed by atoms with Crippen LogP contribution in [0.5, 0.6) is 0 Å². The molecular weight excluding hydrogens is 382 g/mol. The number of thiophene rings is 1. The summed E-state index contributed by atoms with van der Waals surface area (Å²) in [6.45, 7) is 2.20. The van der Waals surface area contributed by atoms with Crippen LogP contribution in [-0.2, 0) is 17.0 Å². The van der Waals surface area contributed by atoms with Crippen LogP contribution in [0.4, 0.5) is 0 Å². The van der Waals surface area contributed by atoms with Gasteiger partial charge in [0.1, 0.15) is 5.82 Å². The molecular formula is C18H21N5O2S2. The number of carbonyl (C=O) groups excluding carboxylic acids is 1. The van der Waals surface area contributed by atoms with Gasteiger partial charge in [-0.05, 0) is 42.5 Å². The SMILES string of the molecule is CC(=O)c1sccc1C1=NC(N)NC(NCCc2ccc([SH](=N)=O)cc2)=C1. The first-order valence-corrected chi connectivity index (χ1v) is 10.5. The zero-order valence-electron chi connectivity index (χ0n) is 14.7. The van der Waals surface area contributed by atoms with Gasteiger partial charge in [0.25, 0.3) is 0 Å². The molecule has 0 spiro atoms. The summed E-state index contributed by atoms with van der Waals surface area (Å²) in [7, 11) is -2.05. The number of allylic oxidation sites excluding steroid dienone is 1. The third kappa shape index (κ3) is 4.82. The van der Waals surface area contributed by atoms with Gasteiger partial charge in [-0.3, -0.25) is 15.3 Å². The summed E-state index contributed by atoms with van der Waals surface area (Å²) in [6.07, 6.45) is 2.03. The van der Waals surface area contributed by atoms with Gasteiger partial charge in [0, 0.05) is 23.1 Å². The number of nitrogens with zero attached hydrogens (tertiary/aromatic N) is 1. The van der Waals surface area contributed by atoms with Crippen molar-refractivity contribution >= 4 is 33.4 Å². The number of hydrogen-bond donors (Lipinski definition) is 5. The summed E-state index contributed by atoms with van der Waals surface area (Å²) >= 11 is 1.40. The van der Waals surface area contributed by atoms with Crippen molar-refractivity contribution < 1.29 is 9.00 Å². The first-order valence-electron chi connectivity index (χ1n) is 8.36. The molecule has 0 bridgehead atoms. The van der Waals surface area contributed by atoms with Gasteiger partial charge in [-0.2, -0.15) is 0 Å². The molecule has 9 heteroatoms. The molecule has 0 fully saturated rings. The summed E-state index contributed by atoms with van der Waals surface area (Å²) in [5.41, 5.74) is 8.52. The molecule has 142 valence electrons. The summed E-state index contributed by atoms with van der Waals surface area (Å²) in [5, 5.41) is 8.23. The van der Waals surface area contributed by atoms with E-state index in [0.717, 1.165) is 23.4 Å². The predicted octanol–water partition coefficient (Wildman–Crippen LogP) is 1.86. The van der Waals surface area contributed by atoms with Crippen LogP contribution < -0.4 is 16.4 Å². The van der Waals surface area contributed by atoms with Gasteiger partial charge in [-0.25, -0.2) is 9.20 Å². The Labute approximate surface area is 163 Å². The maximum atomic E-state index is 11.8. The van der Waals surface area contributed by atoms with Crippen LogP contribution in [0.25, 0.3) is 0 Å². The van der Waals surface area contributed by atoms with Gasteiger partial charge < -0.3 is 10.6 Å². The van der Waals surface area contributed by atoms with Crippen molar-refractivity contribution in [1.29, 1.82) is 4.78 Å². The zero-order chi connectivity index (χ0) is 19.4. The van der Waals surface area contributed by atoms with Crippen LogP contribution in [0, 0.1) is 4.78 Å². The lowest BCUT2D eigenvalue weighted by Gasteiger charge is -2.22. The molecule has 0 amide bonds. The average Bonchev–Trinajstić information content (AvgIpc) is 3.12. The number of hydrogen-bond acceptors (Lipinski definition) is 8. The molecule has 2 atom stereocenters. The van der Waals surface area contributed by atoms with Gasteiger partial charge in [0.2, 0.25) is 0 Å². The van der Waals surface area contributed by atoms with E-state index in [9.17, 15) is 9.00 Å². The fourth-order valence-electron chi connectivity index (χ4n) is 2.73. The monoisotopic (exact) mass is 403 g/mol. The highest BCUT2D eigenvalue weighted by molar-refractivity contribution is 7.73. The summed E-state index contributed by atoms with van der Waals surface area (Å²) in [6, 6.07) is 9.08.